The molecule has 4 amide bonds. The summed E-state index contributed by atoms with van der Waals surface area (Å²) in [5, 5.41) is 2.68. The van der Waals surface area contributed by atoms with E-state index < -0.39 is 12.1 Å². The number of carbonyl (C=O) groups excluding carboxylic acids is 3. The molecule has 0 spiro atoms. The molecule has 2 aromatic rings. The number of urea groups is 1. The third-order valence-electron chi connectivity index (χ3n) is 5.59. The Balaban J connectivity index is 1.34. The minimum Gasteiger partial charge on any atom is -0.497 e. The number of hydrogen-bond donors (Lipinski definition) is 1. The first-order valence-corrected chi connectivity index (χ1v) is 10.3. The molecule has 2 heterocycles. The normalized spacial score (nSPS) is 21.2. The van der Waals surface area contributed by atoms with Crippen LogP contribution in [0.2, 0.25) is 0 Å². The lowest BCUT2D eigenvalue weighted by Crippen LogP contribution is -2.43. The van der Waals surface area contributed by atoms with Gasteiger partial charge in [0.2, 0.25) is 5.91 Å². The summed E-state index contributed by atoms with van der Waals surface area (Å²) in [7, 11) is 1.55. The van der Waals surface area contributed by atoms with Gasteiger partial charge in [-0.15, -0.1) is 0 Å². The van der Waals surface area contributed by atoms with Crippen molar-refractivity contribution in [3.8, 4) is 5.75 Å². The minimum absolute atomic E-state index is 0.0471. The van der Waals surface area contributed by atoms with Crippen LogP contribution in [0, 0.1) is 0 Å². The summed E-state index contributed by atoms with van der Waals surface area (Å²) in [6, 6.07) is 15.3. The Morgan fingerprint density at radius 1 is 1.13 bits per heavy atom. The lowest BCUT2D eigenvalue weighted by Gasteiger charge is -2.33. The van der Waals surface area contributed by atoms with Crippen LogP contribution in [-0.2, 0) is 14.3 Å². The first-order chi connectivity index (χ1) is 15.1. The largest absolute Gasteiger partial charge is 0.497 e. The van der Waals surface area contributed by atoms with Crippen molar-refractivity contribution in [3.63, 3.8) is 0 Å². The SMILES string of the molecule is COc1ccc(N2C(=O)N[C@H](CCC(=O)N3CCO[C@H](c4ccccc4)C3)C2=O)cc1. The molecule has 4 rings (SSSR count). The molecule has 162 valence electrons. The average Bonchev–Trinajstić information content (AvgIpc) is 3.11. The van der Waals surface area contributed by atoms with E-state index in [1.165, 1.54) is 0 Å². The zero-order chi connectivity index (χ0) is 21.8. The summed E-state index contributed by atoms with van der Waals surface area (Å²) in [6.07, 6.45) is 0.273. The molecule has 2 atom stereocenters. The topological polar surface area (TPSA) is 88.2 Å². The van der Waals surface area contributed by atoms with Crippen LogP contribution in [0.3, 0.4) is 0 Å². The molecule has 31 heavy (non-hydrogen) atoms. The number of carbonyl (C=O) groups is 3. The smallest absolute Gasteiger partial charge is 0.329 e. The van der Waals surface area contributed by atoms with E-state index in [0.29, 0.717) is 31.1 Å². The molecule has 8 nitrogen and oxygen atoms in total. The van der Waals surface area contributed by atoms with E-state index in [0.717, 1.165) is 10.5 Å². The Labute approximate surface area is 180 Å². The first kappa shape index (κ1) is 20.9. The van der Waals surface area contributed by atoms with Crippen LogP contribution in [-0.4, -0.2) is 55.6 Å². The number of nitrogens with one attached hydrogen (secondary N) is 1. The van der Waals surface area contributed by atoms with Crippen molar-refractivity contribution in [1.29, 1.82) is 0 Å². The maximum atomic E-state index is 12.8. The van der Waals surface area contributed by atoms with Gasteiger partial charge in [0.25, 0.3) is 5.91 Å². The van der Waals surface area contributed by atoms with E-state index in [2.05, 4.69) is 5.32 Å². The van der Waals surface area contributed by atoms with E-state index in [1.807, 2.05) is 30.3 Å². The summed E-state index contributed by atoms with van der Waals surface area (Å²) in [5.74, 6) is 0.235. The number of nitrogens with zero attached hydrogens (tertiary/aromatic N) is 2. The van der Waals surface area contributed by atoms with E-state index in [-0.39, 0.29) is 30.8 Å². The van der Waals surface area contributed by atoms with Crippen LogP contribution in [0.15, 0.2) is 54.6 Å². The van der Waals surface area contributed by atoms with E-state index >= 15 is 0 Å². The Kier molecular flexibility index (Phi) is 6.18. The molecule has 0 aromatic heterocycles. The highest BCUT2D eigenvalue weighted by atomic mass is 16.5. The van der Waals surface area contributed by atoms with Gasteiger partial charge in [0.15, 0.2) is 0 Å². The molecule has 2 aliphatic rings. The highest BCUT2D eigenvalue weighted by Crippen LogP contribution is 2.25. The van der Waals surface area contributed by atoms with Crippen molar-refractivity contribution in [2.45, 2.75) is 25.0 Å². The fourth-order valence-corrected chi connectivity index (χ4v) is 3.87. The predicted octanol–water partition coefficient (Wildman–Crippen LogP) is 2.50. The standard InChI is InChI=1S/C23H25N3O5/c1-30-18-9-7-17(8-10-18)26-22(28)19(24-23(26)29)11-12-21(27)25-13-14-31-20(15-25)16-5-3-2-4-6-16/h2-10,19-20H,11-15H2,1H3,(H,24,29)/t19-,20+/m1/s1. The van der Waals surface area contributed by atoms with Gasteiger partial charge in [-0.25, -0.2) is 9.69 Å². The maximum Gasteiger partial charge on any atom is 0.329 e. The molecule has 0 unspecified atom stereocenters. The number of hydrogen-bond acceptors (Lipinski definition) is 5. The molecule has 0 aliphatic carbocycles. The van der Waals surface area contributed by atoms with Crippen LogP contribution in [0.25, 0.3) is 0 Å². The van der Waals surface area contributed by atoms with Crippen LogP contribution in [0.1, 0.15) is 24.5 Å². The number of anilines is 1. The van der Waals surface area contributed by atoms with Crippen molar-refractivity contribution < 1.29 is 23.9 Å². The fourth-order valence-electron chi connectivity index (χ4n) is 3.87. The number of rotatable bonds is 6. The lowest BCUT2D eigenvalue weighted by atomic mass is 10.1. The fraction of sp³-hybridized carbons (Fsp3) is 0.348. The van der Waals surface area contributed by atoms with Crippen molar-refractivity contribution in [3.05, 3.63) is 60.2 Å². The average molecular weight is 423 g/mol. The Morgan fingerprint density at radius 2 is 1.87 bits per heavy atom. The molecule has 2 aliphatic heterocycles. The van der Waals surface area contributed by atoms with Gasteiger partial charge in [-0.05, 0) is 36.2 Å². The molecule has 8 heteroatoms. The summed E-state index contributed by atoms with van der Waals surface area (Å²) >= 11 is 0. The van der Waals surface area contributed by atoms with Gasteiger partial charge in [0.05, 0.1) is 25.9 Å². The summed E-state index contributed by atoms with van der Waals surface area (Å²) in [6.45, 7) is 1.46. The maximum absolute atomic E-state index is 12.8. The van der Waals surface area contributed by atoms with Crippen LogP contribution < -0.4 is 15.0 Å². The molecule has 0 bridgehead atoms. The zero-order valence-corrected chi connectivity index (χ0v) is 17.3. The minimum atomic E-state index is -0.718. The van der Waals surface area contributed by atoms with E-state index in [1.54, 1.807) is 36.3 Å². The second-order valence-corrected chi connectivity index (χ2v) is 7.52. The third kappa shape index (κ3) is 4.54. The highest BCUT2D eigenvalue weighted by Gasteiger charge is 2.39. The Hall–Kier alpha value is -3.39. The van der Waals surface area contributed by atoms with Crippen molar-refractivity contribution in [2.24, 2.45) is 0 Å². The van der Waals surface area contributed by atoms with Crippen LogP contribution in [0.4, 0.5) is 10.5 Å². The molecule has 2 aromatic carbocycles. The predicted molar refractivity (Wildman–Crippen MR) is 114 cm³/mol. The Morgan fingerprint density at radius 3 is 2.58 bits per heavy atom. The Bertz CT molecular complexity index is 947. The van der Waals surface area contributed by atoms with Gasteiger partial charge in [-0.1, -0.05) is 30.3 Å². The zero-order valence-electron chi connectivity index (χ0n) is 17.3. The number of amides is 4. The molecular weight excluding hydrogens is 398 g/mol. The summed E-state index contributed by atoms with van der Waals surface area (Å²) in [4.78, 5) is 40.7. The number of methoxy groups -OCH3 is 1. The quantitative estimate of drug-likeness (QED) is 0.722. The molecule has 2 fully saturated rings. The van der Waals surface area contributed by atoms with Gasteiger partial charge in [-0.2, -0.15) is 0 Å². The van der Waals surface area contributed by atoms with Gasteiger partial charge >= 0.3 is 6.03 Å². The van der Waals surface area contributed by atoms with E-state index in [9.17, 15) is 14.4 Å². The monoisotopic (exact) mass is 423 g/mol. The van der Waals surface area contributed by atoms with E-state index in [4.69, 9.17) is 9.47 Å². The number of imide groups is 1. The lowest BCUT2D eigenvalue weighted by molar-refractivity contribution is -0.139. The molecule has 2 saturated heterocycles. The van der Waals surface area contributed by atoms with Gasteiger partial charge in [0.1, 0.15) is 17.9 Å². The van der Waals surface area contributed by atoms with Crippen molar-refractivity contribution in [1.82, 2.24) is 10.2 Å². The number of morpholine rings is 1. The van der Waals surface area contributed by atoms with Crippen LogP contribution in [0.5, 0.6) is 5.75 Å². The third-order valence-corrected chi connectivity index (χ3v) is 5.59. The van der Waals surface area contributed by atoms with Crippen molar-refractivity contribution in [2.75, 3.05) is 31.7 Å². The molecule has 1 N–H and O–H groups in total. The first-order valence-electron chi connectivity index (χ1n) is 10.3. The summed E-state index contributed by atoms with van der Waals surface area (Å²) < 4.78 is 10.9. The molecule has 0 saturated carbocycles. The number of ether oxygens (including phenoxy) is 2. The molecule has 0 radical (unpaired) electrons. The second-order valence-electron chi connectivity index (χ2n) is 7.52. The van der Waals surface area contributed by atoms with Crippen molar-refractivity contribution >= 4 is 23.5 Å². The molecular formula is C23H25N3O5. The highest BCUT2D eigenvalue weighted by molar-refractivity contribution is 6.21. The second kappa shape index (κ2) is 9.18. The van der Waals surface area contributed by atoms with Gasteiger partial charge < -0.3 is 19.7 Å². The summed E-state index contributed by atoms with van der Waals surface area (Å²) in [5.41, 5.74) is 1.50. The van der Waals surface area contributed by atoms with Gasteiger partial charge in [-0.3, -0.25) is 9.59 Å². The number of benzene rings is 2. The van der Waals surface area contributed by atoms with Crippen LogP contribution >= 0.6 is 0 Å². The van der Waals surface area contributed by atoms with Gasteiger partial charge in [0, 0.05) is 13.0 Å².